The number of alkyl halides is 1. The molecule has 0 bridgehead atoms. The Kier molecular flexibility index (Phi) is 8.51. The van der Waals surface area contributed by atoms with Crippen molar-refractivity contribution in [1.82, 2.24) is 0 Å². The van der Waals surface area contributed by atoms with E-state index in [0.29, 0.717) is 0 Å². The minimum atomic E-state index is 0.819. The highest BCUT2D eigenvalue weighted by atomic mass is 79.9. The van der Waals surface area contributed by atoms with Crippen molar-refractivity contribution >= 4 is 15.9 Å². The van der Waals surface area contributed by atoms with E-state index in [1.54, 1.807) is 0 Å². The molecular formula is C10H16BrN. The average molecular weight is 230 g/mol. The Labute approximate surface area is 83.1 Å². The van der Waals surface area contributed by atoms with Crippen LogP contribution in [0.5, 0.6) is 0 Å². The first-order valence-corrected chi connectivity index (χ1v) is 5.27. The maximum Gasteiger partial charge on any atom is 0.0283 e. The van der Waals surface area contributed by atoms with Gasteiger partial charge < -0.3 is 5.73 Å². The van der Waals surface area contributed by atoms with E-state index in [1.165, 1.54) is 5.56 Å². The molecule has 0 heterocycles. The van der Waals surface area contributed by atoms with E-state index in [1.807, 2.05) is 18.2 Å². The Morgan fingerprint density at radius 2 is 1.75 bits per heavy atom. The summed E-state index contributed by atoms with van der Waals surface area (Å²) in [5.74, 6) is 0. The smallest absolute Gasteiger partial charge is 0.0283 e. The van der Waals surface area contributed by atoms with Gasteiger partial charge in [-0.05, 0) is 18.5 Å². The second-order valence-electron chi connectivity index (χ2n) is 2.41. The minimum Gasteiger partial charge on any atom is -0.330 e. The third-order valence-electron chi connectivity index (χ3n) is 1.29. The van der Waals surface area contributed by atoms with Crippen molar-refractivity contribution in [3.8, 4) is 0 Å². The molecule has 0 saturated heterocycles. The Morgan fingerprint density at radius 1 is 1.25 bits per heavy atom. The lowest BCUT2D eigenvalue weighted by atomic mass is 10.2. The summed E-state index contributed by atoms with van der Waals surface area (Å²) in [4.78, 5) is 0. The van der Waals surface area contributed by atoms with E-state index in [9.17, 15) is 0 Å². The number of rotatable bonds is 2. The summed E-state index contributed by atoms with van der Waals surface area (Å²) >= 11 is 3.36. The molecule has 1 nitrogen and oxygen atoms in total. The van der Waals surface area contributed by atoms with Crippen LogP contribution in [0, 0.1) is 0 Å². The highest BCUT2D eigenvalue weighted by Gasteiger charge is 1.81. The van der Waals surface area contributed by atoms with Gasteiger partial charge in [0.15, 0.2) is 0 Å². The first-order valence-electron chi connectivity index (χ1n) is 4.15. The minimum absolute atomic E-state index is 0.819. The molecule has 0 aliphatic carbocycles. The molecule has 1 aromatic rings. The largest absolute Gasteiger partial charge is 0.330 e. The van der Waals surface area contributed by atoms with Gasteiger partial charge in [-0.15, -0.1) is 0 Å². The Bertz CT molecular complexity index is 172. The van der Waals surface area contributed by atoms with Crippen LogP contribution in [0.3, 0.4) is 0 Å². The van der Waals surface area contributed by atoms with Crippen LogP contribution >= 0.6 is 15.9 Å². The molecule has 0 spiro atoms. The lowest BCUT2D eigenvalue weighted by molar-refractivity contribution is 0.932. The van der Waals surface area contributed by atoms with Gasteiger partial charge in [0.2, 0.25) is 0 Å². The predicted octanol–water partition coefficient (Wildman–Crippen LogP) is 2.94. The molecule has 1 aromatic carbocycles. The monoisotopic (exact) mass is 229 g/mol. The lowest BCUT2D eigenvalue weighted by Crippen LogP contribution is -1.93. The maximum absolute atomic E-state index is 5.03. The topological polar surface area (TPSA) is 26.0 Å². The zero-order chi connectivity index (χ0) is 9.23. The Morgan fingerprint density at radius 3 is 2.00 bits per heavy atom. The van der Waals surface area contributed by atoms with Gasteiger partial charge in [0.1, 0.15) is 0 Å². The van der Waals surface area contributed by atoms with Crippen molar-refractivity contribution in [3.63, 3.8) is 0 Å². The predicted molar refractivity (Wildman–Crippen MR) is 58.4 cm³/mol. The first-order chi connectivity index (χ1) is 5.85. The molecule has 0 amide bonds. The third-order valence-corrected chi connectivity index (χ3v) is 1.93. The molecule has 2 heteroatoms. The number of hydrogen-bond donors (Lipinski definition) is 1. The van der Waals surface area contributed by atoms with Gasteiger partial charge in [0, 0.05) is 5.33 Å². The van der Waals surface area contributed by atoms with Gasteiger partial charge in [-0.2, -0.15) is 0 Å². The van der Waals surface area contributed by atoms with E-state index in [0.717, 1.165) is 18.3 Å². The molecule has 0 saturated carbocycles. The number of benzene rings is 1. The van der Waals surface area contributed by atoms with E-state index >= 15 is 0 Å². The lowest BCUT2D eigenvalue weighted by Gasteiger charge is -1.88. The molecule has 68 valence electrons. The SMILES string of the molecule is BrCc1ccccc1.CCCN. The molecule has 0 unspecified atom stereocenters. The quantitative estimate of drug-likeness (QED) is 0.776. The zero-order valence-corrected chi connectivity index (χ0v) is 9.05. The second kappa shape index (κ2) is 8.75. The van der Waals surface area contributed by atoms with Crippen LogP contribution in [-0.4, -0.2) is 6.54 Å². The molecule has 12 heavy (non-hydrogen) atoms. The molecule has 2 N–H and O–H groups in total. The van der Waals surface area contributed by atoms with Crippen LogP contribution in [0.4, 0.5) is 0 Å². The van der Waals surface area contributed by atoms with Gasteiger partial charge in [-0.3, -0.25) is 0 Å². The normalized spacial score (nSPS) is 8.58. The van der Waals surface area contributed by atoms with E-state index in [-0.39, 0.29) is 0 Å². The van der Waals surface area contributed by atoms with Crippen LogP contribution in [0.2, 0.25) is 0 Å². The van der Waals surface area contributed by atoms with Gasteiger partial charge in [-0.25, -0.2) is 0 Å². The van der Waals surface area contributed by atoms with Crippen molar-refractivity contribution in [2.75, 3.05) is 6.54 Å². The second-order valence-corrected chi connectivity index (χ2v) is 2.97. The number of hydrogen-bond acceptors (Lipinski definition) is 1. The van der Waals surface area contributed by atoms with Crippen molar-refractivity contribution in [2.24, 2.45) is 5.73 Å². The summed E-state index contributed by atoms with van der Waals surface area (Å²) in [6.45, 7) is 2.88. The first kappa shape index (κ1) is 11.7. The highest BCUT2D eigenvalue weighted by molar-refractivity contribution is 9.08. The van der Waals surface area contributed by atoms with Crippen molar-refractivity contribution in [2.45, 2.75) is 18.7 Å². The maximum atomic E-state index is 5.03. The fourth-order valence-electron chi connectivity index (χ4n) is 0.567. The average Bonchev–Trinajstić information content (AvgIpc) is 2.19. The van der Waals surface area contributed by atoms with E-state index < -0.39 is 0 Å². The molecule has 0 aliphatic heterocycles. The Hall–Kier alpha value is -0.340. The standard InChI is InChI=1S/C7H7Br.C3H9N/c8-6-7-4-2-1-3-5-7;1-2-3-4/h1-5H,6H2;2-4H2,1H3. The van der Waals surface area contributed by atoms with E-state index in [2.05, 4.69) is 35.0 Å². The fraction of sp³-hybridized carbons (Fsp3) is 0.400. The number of halogens is 1. The molecule has 0 radical (unpaired) electrons. The summed E-state index contributed by atoms with van der Waals surface area (Å²) in [7, 11) is 0. The molecule has 0 atom stereocenters. The summed E-state index contributed by atoms with van der Waals surface area (Å²) in [6, 6.07) is 10.3. The fourth-order valence-corrected chi connectivity index (χ4v) is 0.941. The zero-order valence-electron chi connectivity index (χ0n) is 7.46. The third kappa shape index (κ3) is 6.38. The van der Waals surface area contributed by atoms with Gasteiger partial charge in [0.25, 0.3) is 0 Å². The van der Waals surface area contributed by atoms with Crippen LogP contribution in [0.1, 0.15) is 18.9 Å². The molecule has 1 rings (SSSR count). The van der Waals surface area contributed by atoms with Crippen LogP contribution in [-0.2, 0) is 5.33 Å². The number of nitrogens with two attached hydrogens (primary N) is 1. The van der Waals surface area contributed by atoms with Crippen LogP contribution in [0.15, 0.2) is 30.3 Å². The van der Waals surface area contributed by atoms with Gasteiger partial charge in [-0.1, -0.05) is 53.2 Å². The van der Waals surface area contributed by atoms with Crippen molar-refractivity contribution < 1.29 is 0 Å². The van der Waals surface area contributed by atoms with Gasteiger partial charge >= 0.3 is 0 Å². The van der Waals surface area contributed by atoms with Crippen LogP contribution in [0.25, 0.3) is 0 Å². The highest BCUT2D eigenvalue weighted by Crippen LogP contribution is 2.02. The summed E-state index contributed by atoms with van der Waals surface area (Å²) in [5.41, 5.74) is 6.35. The Balaban J connectivity index is 0.000000261. The van der Waals surface area contributed by atoms with Gasteiger partial charge in [0.05, 0.1) is 0 Å². The van der Waals surface area contributed by atoms with Crippen molar-refractivity contribution in [3.05, 3.63) is 35.9 Å². The molecule has 0 fully saturated rings. The van der Waals surface area contributed by atoms with E-state index in [4.69, 9.17) is 5.73 Å². The molecule has 0 aliphatic rings. The molecular weight excluding hydrogens is 214 g/mol. The summed E-state index contributed by atoms with van der Waals surface area (Å²) in [6.07, 6.45) is 1.10. The molecule has 0 aromatic heterocycles. The summed E-state index contributed by atoms with van der Waals surface area (Å²) in [5, 5.41) is 0.952. The van der Waals surface area contributed by atoms with Crippen LogP contribution < -0.4 is 5.73 Å². The summed E-state index contributed by atoms with van der Waals surface area (Å²) < 4.78 is 0. The van der Waals surface area contributed by atoms with Crippen molar-refractivity contribution in [1.29, 1.82) is 0 Å².